The van der Waals surface area contributed by atoms with E-state index in [9.17, 15) is 4.79 Å². The van der Waals surface area contributed by atoms with Crippen molar-refractivity contribution in [1.29, 1.82) is 0 Å². The Balaban J connectivity index is 1.85. The first kappa shape index (κ1) is 16.8. The zero-order chi connectivity index (χ0) is 18.6. The third-order valence-corrected chi connectivity index (χ3v) is 4.10. The molecule has 2 aromatic heterocycles. The van der Waals surface area contributed by atoms with Crippen LogP contribution < -0.4 is 10.1 Å². The molecular formula is C21H17N3O3. The molecule has 0 aliphatic rings. The van der Waals surface area contributed by atoms with Crippen LogP contribution in [0.3, 0.4) is 0 Å². The van der Waals surface area contributed by atoms with Gasteiger partial charge in [0.2, 0.25) is 0 Å². The number of nitrogens with one attached hydrogen (secondary N) is 1. The van der Waals surface area contributed by atoms with Gasteiger partial charge in [0.25, 0.3) is 5.91 Å². The predicted octanol–water partition coefficient (Wildman–Crippen LogP) is 4.54. The van der Waals surface area contributed by atoms with Crippen molar-refractivity contribution in [2.45, 2.75) is 6.92 Å². The van der Waals surface area contributed by atoms with Gasteiger partial charge in [-0.25, -0.2) is 4.98 Å². The molecule has 4 rings (SSSR count). The number of amides is 1. The number of nitrogens with zero attached hydrogens (tertiary/aromatic N) is 2. The summed E-state index contributed by atoms with van der Waals surface area (Å²) in [7, 11) is 0. The quantitative estimate of drug-likeness (QED) is 0.566. The Kier molecular flexibility index (Phi) is 4.53. The van der Waals surface area contributed by atoms with E-state index in [1.165, 1.54) is 6.26 Å². The Morgan fingerprint density at radius 2 is 1.93 bits per heavy atom. The molecule has 2 aromatic carbocycles. The molecule has 4 aromatic rings. The van der Waals surface area contributed by atoms with Gasteiger partial charge in [0, 0.05) is 17.0 Å². The highest BCUT2D eigenvalue weighted by molar-refractivity contribution is 6.12. The molecule has 6 nitrogen and oxygen atoms in total. The van der Waals surface area contributed by atoms with Crippen molar-refractivity contribution in [3.05, 3.63) is 72.5 Å². The first-order chi connectivity index (χ1) is 13.3. The van der Waals surface area contributed by atoms with Gasteiger partial charge in [0.1, 0.15) is 12.0 Å². The summed E-state index contributed by atoms with van der Waals surface area (Å²) in [5, 5.41) is 7.24. The van der Waals surface area contributed by atoms with Crippen molar-refractivity contribution in [3.8, 4) is 17.0 Å². The number of carbonyl (C=O) groups excluding carboxylic acids is 1. The topological polar surface area (TPSA) is 77.2 Å². The van der Waals surface area contributed by atoms with E-state index in [-0.39, 0.29) is 5.91 Å². The lowest BCUT2D eigenvalue weighted by molar-refractivity contribution is 0.102. The van der Waals surface area contributed by atoms with Gasteiger partial charge in [0.15, 0.2) is 5.82 Å². The maximum absolute atomic E-state index is 12.9. The number of ether oxygens (including phenoxy) is 1. The molecule has 0 atom stereocenters. The highest BCUT2D eigenvalue weighted by Crippen LogP contribution is 2.31. The molecule has 0 bridgehead atoms. The maximum Gasteiger partial charge on any atom is 0.257 e. The molecule has 0 fully saturated rings. The van der Waals surface area contributed by atoms with Crippen molar-refractivity contribution in [2.75, 3.05) is 11.9 Å². The van der Waals surface area contributed by atoms with E-state index >= 15 is 0 Å². The fourth-order valence-electron chi connectivity index (χ4n) is 2.92. The first-order valence-corrected chi connectivity index (χ1v) is 8.60. The largest absolute Gasteiger partial charge is 0.493 e. The van der Waals surface area contributed by atoms with Gasteiger partial charge in [-0.3, -0.25) is 4.79 Å². The normalized spacial score (nSPS) is 10.7. The van der Waals surface area contributed by atoms with Crippen LogP contribution in [0, 0.1) is 0 Å². The highest BCUT2D eigenvalue weighted by atomic mass is 16.5. The molecule has 0 radical (unpaired) electrons. The second-order valence-corrected chi connectivity index (χ2v) is 5.84. The molecule has 0 saturated heterocycles. The van der Waals surface area contributed by atoms with Crippen LogP contribution in [0.4, 0.5) is 5.82 Å². The minimum atomic E-state index is -0.280. The van der Waals surface area contributed by atoms with Crippen molar-refractivity contribution in [1.82, 2.24) is 10.1 Å². The Labute approximate surface area is 155 Å². The van der Waals surface area contributed by atoms with Gasteiger partial charge < -0.3 is 14.6 Å². The minimum absolute atomic E-state index is 0.280. The SMILES string of the molecule is CCOc1ccccc1-c1cc(C(=O)Nc2ccon2)c2ccccc2n1. The zero-order valence-electron chi connectivity index (χ0n) is 14.7. The van der Waals surface area contributed by atoms with Gasteiger partial charge in [-0.15, -0.1) is 0 Å². The summed E-state index contributed by atoms with van der Waals surface area (Å²) in [5.74, 6) is 0.806. The monoisotopic (exact) mass is 359 g/mol. The summed E-state index contributed by atoms with van der Waals surface area (Å²) >= 11 is 0. The van der Waals surface area contributed by atoms with E-state index in [1.807, 2.05) is 55.5 Å². The number of fused-ring (bicyclic) bond motifs is 1. The fourth-order valence-corrected chi connectivity index (χ4v) is 2.92. The molecule has 0 aliphatic heterocycles. The number of para-hydroxylation sites is 2. The van der Waals surface area contributed by atoms with Crippen molar-refractivity contribution in [3.63, 3.8) is 0 Å². The van der Waals surface area contributed by atoms with Crippen molar-refractivity contribution < 1.29 is 14.1 Å². The summed E-state index contributed by atoms with van der Waals surface area (Å²) in [6, 6.07) is 18.6. The average Bonchev–Trinajstić information content (AvgIpc) is 3.21. The van der Waals surface area contributed by atoms with Crippen LogP contribution in [0.15, 0.2) is 71.4 Å². The van der Waals surface area contributed by atoms with Gasteiger partial charge in [-0.2, -0.15) is 0 Å². The Bertz CT molecular complexity index is 1090. The standard InChI is InChI=1S/C21H17N3O3/c1-2-26-19-10-6-4-8-15(19)18-13-16(14-7-3-5-9-17(14)22-18)21(25)23-20-11-12-27-24-20/h3-13H,2H2,1H3,(H,23,24,25). The van der Waals surface area contributed by atoms with Gasteiger partial charge in [0.05, 0.1) is 23.4 Å². The average molecular weight is 359 g/mol. The van der Waals surface area contributed by atoms with Crippen molar-refractivity contribution >= 4 is 22.6 Å². The van der Waals surface area contributed by atoms with Crippen LogP contribution in [-0.4, -0.2) is 22.7 Å². The number of rotatable bonds is 5. The smallest absolute Gasteiger partial charge is 0.257 e. The molecule has 0 spiro atoms. The van der Waals surface area contributed by atoms with Crippen LogP contribution in [-0.2, 0) is 0 Å². The lowest BCUT2D eigenvalue weighted by Crippen LogP contribution is -2.13. The van der Waals surface area contributed by atoms with Gasteiger partial charge in [-0.05, 0) is 31.2 Å². The zero-order valence-corrected chi connectivity index (χ0v) is 14.7. The third kappa shape index (κ3) is 3.37. The van der Waals surface area contributed by atoms with Gasteiger partial charge in [-0.1, -0.05) is 35.5 Å². The van der Waals surface area contributed by atoms with Crippen LogP contribution in [0.5, 0.6) is 5.75 Å². The second-order valence-electron chi connectivity index (χ2n) is 5.84. The molecular weight excluding hydrogens is 342 g/mol. The number of aromatic nitrogens is 2. The third-order valence-electron chi connectivity index (χ3n) is 4.10. The number of anilines is 1. The summed E-state index contributed by atoms with van der Waals surface area (Å²) in [6.45, 7) is 2.48. The molecule has 134 valence electrons. The van der Waals surface area contributed by atoms with Crippen LogP contribution in [0.2, 0.25) is 0 Å². The summed E-state index contributed by atoms with van der Waals surface area (Å²) in [5.41, 5.74) is 2.74. The summed E-state index contributed by atoms with van der Waals surface area (Å²) < 4.78 is 10.5. The number of carbonyl (C=O) groups is 1. The number of hydrogen-bond donors (Lipinski definition) is 1. The molecule has 0 saturated carbocycles. The summed E-state index contributed by atoms with van der Waals surface area (Å²) in [6.07, 6.45) is 1.41. The number of hydrogen-bond acceptors (Lipinski definition) is 5. The van der Waals surface area contributed by atoms with Crippen LogP contribution in [0.25, 0.3) is 22.2 Å². The lowest BCUT2D eigenvalue weighted by Gasteiger charge is -2.12. The van der Waals surface area contributed by atoms with Crippen LogP contribution in [0.1, 0.15) is 17.3 Å². The second kappa shape index (κ2) is 7.29. The van der Waals surface area contributed by atoms with E-state index in [1.54, 1.807) is 12.1 Å². The van der Waals surface area contributed by atoms with E-state index in [2.05, 4.69) is 10.5 Å². The molecule has 0 unspecified atom stereocenters. The predicted molar refractivity (Wildman–Crippen MR) is 103 cm³/mol. The van der Waals surface area contributed by atoms with E-state index in [0.29, 0.717) is 23.7 Å². The maximum atomic E-state index is 12.9. The molecule has 1 amide bonds. The van der Waals surface area contributed by atoms with Crippen molar-refractivity contribution in [2.24, 2.45) is 0 Å². The van der Waals surface area contributed by atoms with E-state index in [0.717, 1.165) is 22.2 Å². The fraction of sp³-hybridized carbons (Fsp3) is 0.0952. The molecule has 2 heterocycles. The Morgan fingerprint density at radius 1 is 1.11 bits per heavy atom. The molecule has 6 heteroatoms. The van der Waals surface area contributed by atoms with Gasteiger partial charge >= 0.3 is 0 Å². The Morgan fingerprint density at radius 3 is 2.74 bits per heavy atom. The van der Waals surface area contributed by atoms with E-state index < -0.39 is 0 Å². The van der Waals surface area contributed by atoms with E-state index in [4.69, 9.17) is 14.2 Å². The lowest BCUT2D eigenvalue weighted by atomic mass is 10.0. The number of pyridine rings is 1. The number of benzene rings is 2. The first-order valence-electron chi connectivity index (χ1n) is 8.60. The molecule has 0 aliphatic carbocycles. The minimum Gasteiger partial charge on any atom is -0.493 e. The molecule has 1 N–H and O–H groups in total. The van der Waals surface area contributed by atoms with Crippen LogP contribution >= 0.6 is 0 Å². The summed E-state index contributed by atoms with van der Waals surface area (Å²) in [4.78, 5) is 17.6. The Hall–Kier alpha value is -3.67. The molecule has 27 heavy (non-hydrogen) atoms. The highest BCUT2D eigenvalue weighted by Gasteiger charge is 2.16.